The van der Waals surface area contributed by atoms with Crippen LogP contribution in [0.2, 0.25) is 0 Å². The fraction of sp³-hybridized carbons (Fsp3) is 0.448. The Hall–Kier alpha value is -3.70. The number of benzene rings is 1. The molecule has 1 saturated carbocycles. The van der Waals surface area contributed by atoms with Gasteiger partial charge in [-0.3, -0.25) is 19.5 Å². The molecular formula is C29H33F2N5O4. The molecule has 1 aromatic carbocycles. The summed E-state index contributed by atoms with van der Waals surface area (Å²) in [6.45, 7) is 2.83. The molecule has 5 atom stereocenters. The maximum atomic E-state index is 14.2. The number of likely N-dealkylation sites (tertiary alicyclic amines) is 1. The Balaban J connectivity index is 1.32. The lowest BCUT2D eigenvalue weighted by molar-refractivity contribution is -0.129. The van der Waals surface area contributed by atoms with Crippen LogP contribution in [0.15, 0.2) is 53.2 Å². The predicted molar refractivity (Wildman–Crippen MR) is 142 cm³/mol. The van der Waals surface area contributed by atoms with Crippen molar-refractivity contribution in [3.63, 3.8) is 0 Å². The number of piperidine rings is 1. The van der Waals surface area contributed by atoms with Gasteiger partial charge in [-0.1, -0.05) is 24.1 Å². The van der Waals surface area contributed by atoms with Crippen LogP contribution in [0, 0.1) is 17.6 Å². The van der Waals surface area contributed by atoms with E-state index in [0.29, 0.717) is 19.5 Å². The van der Waals surface area contributed by atoms with E-state index in [2.05, 4.69) is 25.7 Å². The molecule has 212 valence electrons. The van der Waals surface area contributed by atoms with E-state index in [0.717, 1.165) is 43.5 Å². The van der Waals surface area contributed by atoms with Gasteiger partial charge >= 0.3 is 0 Å². The van der Waals surface area contributed by atoms with Crippen molar-refractivity contribution in [2.75, 3.05) is 13.1 Å². The second-order valence-electron chi connectivity index (χ2n) is 10.6. The summed E-state index contributed by atoms with van der Waals surface area (Å²) < 4.78 is 32.7. The summed E-state index contributed by atoms with van der Waals surface area (Å²) in [5, 5.41) is 20.4. The molecule has 5 rings (SSSR count). The lowest BCUT2D eigenvalue weighted by Gasteiger charge is -2.44. The fourth-order valence-corrected chi connectivity index (χ4v) is 5.70. The fourth-order valence-electron chi connectivity index (χ4n) is 5.70. The Labute approximate surface area is 231 Å². The van der Waals surface area contributed by atoms with Gasteiger partial charge < -0.3 is 20.3 Å². The molecule has 1 saturated heterocycles. The first-order valence-electron chi connectivity index (χ1n) is 13.7. The molecule has 0 spiro atoms. The third-order valence-electron chi connectivity index (χ3n) is 7.89. The van der Waals surface area contributed by atoms with Gasteiger partial charge in [-0.2, -0.15) is 0 Å². The minimum atomic E-state index is -0.834. The zero-order valence-electron chi connectivity index (χ0n) is 22.2. The van der Waals surface area contributed by atoms with E-state index in [9.17, 15) is 23.5 Å². The molecule has 0 unspecified atom stereocenters. The van der Waals surface area contributed by atoms with Crippen molar-refractivity contribution in [3.8, 4) is 11.3 Å². The standard InChI is InChI=1S/C29H33F2N5O4/c1-17(22-6-4-5-12-32-22)33-28(38)20-16-36(25-7-2-3-8-26(25)37)13-11-23(20)34-29(39)24-15-27(40-35-24)19-10-9-18(30)14-21(19)31/h4-6,9-10,12,14-15,17,20,23,25-26,37H,2-3,7-8,11,13,16H2,1H3,(H,33,38)(H,34,39)/t17-,20+,23+,25+,26-/m1/s1. The molecule has 3 heterocycles. The van der Waals surface area contributed by atoms with E-state index in [1.54, 1.807) is 12.3 Å². The maximum absolute atomic E-state index is 14.2. The lowest BCUT2D eigenvalue weighted by Crippen LogP contribution is -2.59. The molecule has 2 amide bonds. The molecule has 2 fully saturated rings. The van der Waals surface area contributed by atoms with Gasteiger partial charge in [-0.15, -0.1) is 0 Å². The number of nitrogens with one attached hydrogen (secondary N) is 2. The largest absolute Gasteiger partial charge is 0.391 e. The molecule has 3 N–H and O–H groups in total. The number of rotatable bonds is 7. The summed E-state index contributed by atoms with van der Waals surface area (Å²) in [4.78, 5) is 33.2. The highest BCUT2D eigenvalue weighted by atomic mass is 19.1. The van der Waals surface area contributed by atoms with Crippen LogP contribution < -0.4 is 10.6 Å². The highest BCUT2D eigenvalue weighted by Crippen LogP contribution is 2.29. The van der Waals surface area contributed by atoms with Crippen LogP contribution in [0.3, 0.4) is 0 Å². The van der Waals surface area contributed by atoms with Crippen LogP contribution in [0.5, 0.6) is 0 Å². The first-order valence-corrected chi connectivity index (χ1v) is 13.7. The second-order valence-corrected chi connectivity index (χ2v) is 10.6. The smallest absolute Gasteiger partial charge is 0.273 e. The summed E-state index contributed by atoms with van der Waals surface area (Å²) in [5.41, 5.74) is 0.618. The Morgan fingerprint density at radius 1 is 1.12 bits per heavy atom. The number of carbonyl (C=O) groups excluding carboxylic acids is 2. The van der Waals surface area contributed by atoms with E-state index in [1.165, 1.54) is 12.1 Å². The molecule has 11 heteroatoms. The molecular weight excluding hydrogens is 520 g/mol. The normalized spacial score (nSPS) is 24.3. The van der Waals surface area contributed by atoms with Gasteiger partial charge in [-0.25, -0.2) is 8.78 Å². The average molecular weight is 554 g/mol. The molecule has 3 aromatic rings. The monoisotopic (exact) mass is 553 g/mol. The predicted octanol–water partition coefficient (Wildman–Crippen LogP) is 3.62. The summed E-state index contributed by atoms with van der Waals surface area (Å²) in [7, 11) is 0. The summed E-state index contributed by atoms with van der Waals surface area (Å²) >= 11 is 0. The Kier molecular flexibility index (Phi) is 8.51. The van der Waals surface area contributed by atoms with Crippen LogP contribution in [0.1, 0.15) is 61.3 Å². The topological polar surface area (TPSA) is 121 Å². The lowest BCUT2D eigenvalue weighted by atomic mass is 9.85. The van der Waals surface area contributed by atoms with Gasteiger partial charge in [-0.05, 0) is 50.5 Å². The molecule has 2 aliphatic rings. The van der Waals surface area contributed by atoms with Gasteiger partial charge in [0, 0.05) is 43.5 Å². The Morgan fingerprint density at radius 3 is 2.70 bits per heavy atom. The number of aromatic nitrogens is 2. The average Bonchev–Trinajstić information content (AvgIpc) is 3.44. The van der Waals surface area contributed by atoms with E-state index < -0.39 is 35.6 Å². The van der Waals surface area contributed by atoms with Gasteiger partial charge in [0.05, 0.1) is 29.3 Å². The molecule has 1 aliphatic heterocycles. The highest BCUT2D eigenvalue weighted by molar-refractivity contribution is 5.94. The van der Waals surface area contributed by atoms with Crippen molar-refractivity contribution in [2.45, 2.75) is 63.3 Å². The number of aliphatic hydroxyl groups is 1. The van der Waals surface area contributed by atoms with Gasteiger partial charge in [0.15, 0.2) is 11.5 Å². The van der Waals surface area contributed by atoms with E-state index >= 15 is 0 Å². The van der Waals surface area contributed by atoms with Crippen LogP contribution in [-0.4, -0.2) is 63.2 Å². The minimum absolute atomic E-state index is 0.0118. The first-order chi connectivity index (χ1) is 19.3. The van der Waals surface area contributed by atoms with E-state index in [1.807, 2.05) is 19.1 Å². The van der Waals surface area contributed by atoms with Crippen molar-refractivity contribution < 1.29 is 28.0 Å². The highest BCUT2D eigenvalue weighted by Gasteiger charge is 2.40. The summed E-state index contributed by atoms with van der Waals surface area (Å²) in [6, 6.07) is 8.93. The van der Waals surface area contributed by atoms with Crippen molar-refractivity contribution in [1.82, 2.24) is 25.7 Å². The summed E-state index contributed by atoms with van der Waals surface area (Å²) in [6.07, 6.45) is 5.31. The number of pyridine rings is 1. The number of amides is 2. The third kappa shape index (κ3) is 6.20. The van der Waals surface area contributed by atoms with Crippen LogP contribution in [-0.2, 0) is 4.79 Å². The molecule has 0 bridgehead atoms. The van der Waals surface area contributed by atoms with Crippen molar-refractivity contribution >= 4 is 11.8 Å². The number of hydrogen-bond donors (Lipinski definition) is 3. The van der Waals surface area contributed by atoms with E-state index in [-0.39, 0.29) is 35.0 Å². The van der Waals surface area contributed by atoms with Crippen LogP contribution in [0.25, 0.3) is 11.3 Å². The number of carbonyl (C=O) groups is 2. The number of hydrogen-bond acceptors (Lipinski definition) is 7. The molecule has 2 aromatic heterocycles. The number of nitrogens with zero attached hydrogens (tertiary/aromatic N) is 3. The Morgan fingerprint density at radius 2 is 1.95 bits per heavy atom. The van der Waals surface area contributed by atoms with Gasteiger partial charge in [0.25, 0.3) is 5.91 Å². The molecule has 1 aliphatic carbocycles. The second kappa shape index (κ2) is 12.2. The zero-order valence-corrected chi connectivity index (χ0v) is 22.2. The van der Waals surface area contributed by atoms with E-state index in [4.69, 9.17) is 4.52 Å². The summed E-state index contributed by atoms with van der Waals surface area (Å²) in [5.74, 6) is -2.97. The zero-order chi connectivity index (χ0) is 28.2. The van der Waals surface area contributed by atoms with Crippen LogP contribution >= 0.6 is 0 Å². The number of halogens is 2. The maximum Gasteiger partial charge on any atom is 0.273 e. The number of aliphatic hydroxyl groups excluding tert-OH is 1. The minimum Gasteiger partial charge on any atom is -0.391 e. The molecule has 40 heavy (non-hydrogen) atoms. The Bertz CT molecular complexity index is 1340. The van der Waals surface area contributed by atoms with Crippen LogP contribution in [0.4, 0.5) is 8.78 Å². The van der Waals surface area contributed by atoms with Gasteiger partial charge in [0.2, 0.25) is 5.91 Å². The third-order valence-corrected chi connectivity index (χ3v) is 7.89. The SMILES string of the molecule is C[C@@H](NC(=O)[C@H]1CN([C@H]2CCCC[C@H]2O)CC[C@@H]1NC(=O)c1cc(-c2ccc(F)cc2F)on1)c1ccccn1. The van der Waals surface area contributed by atoms with Crippen molar-refractivity contribution in [3.05, 3.63) is 71.7 Å². The quantitative estimate of drug-likeness (QED) is 0.409. The molecule has 9 nitrogen and oxygen atoms in total. The van der Waals surface area contributed by atoms with Gasteiger partial charge in [0.1, 0.15) is 11.6 Å². The van der Waals surface area contributed by atoms with Crippen molar-refractivity contribution in [1.29, 1.82) is 0 Å². The molecule has 0 radical (unpaired) electrons. The van der Waals surface area contributed by atoms with Crippen molar-refractivity contribution in [2.24, 2.45) is 5.92 Å². The first kappa shape index (κ1) is 27.9.